The third-order valence-corrected chi connectivity index (χ3v) is 4.13. The van der Waals surface area contributed by atoms with Gasteiger partial charge in [0, 0.05) is 6.42 Å². The van der Waals surface area contributed by atoms with Crippen molar-refractivity contribution in [2.75, 3.05) is 0 Å². The Morgan fingerprint density at radius 3 is 1.33 bits per heavy atom. The van der Waals surface area contributed by atoms with Gasteiger partial charge in [-0.25, -0.2) is 0 Å². The first-order valence-electron chi connectivity index (χ1n) is 9.24. The SMILES string of the molecule is CCCCCCCCCCCCCCCCCC(=O)C#N. The number of nitriles is 1. The zero-order valence-electron chi connectivity index (χ0n) is 14.2. The van der Waals surface area contributed by atoms with Gasteiger partial charge in [-0.05, 0) is 6.42 Å². The van der Waals surface area contributed by atoms with Crippen LogP contribution in [0.25, 0.3) is 0 Å². The maximum Gasteiger partial charge on any atom is 0.231 e. The smallest absolute Gasteiger partial charge is 0.231 e. The summed E-state index contributed by atoms with van der Waals surface area (Å²) in [5.41, 5.74) is 0. The minimum atomic E-state index is -0.260. The molecule has 21 heavy (non-hydrogen) atoms. The molecule has 0 aliphatic carbocycles. The molecule has 0 N–H and O–H groups in total. The highest BCUT2D eigenvalue weighted by Gasteiger charge is 1.98. The molecular formula is C19H35NO. The molecule has 0 aromatic rings. The van der Waals surface area contributed by atoms with E-state index in [1.807, 2.05) is 0 Å². The summed E-state index contributed by atoms with van der Waals surface area (Å²) in [7, 11) is 0. The molecule has 0 rings (SSSR count). The number of carbonyl (C=O) groups excluding carboxylic acids is 1. The highest BCUT2D eigenvalue weighted by atomic mass is 16.1. The Morgan fingerprint density at radius 1 is 0.667 bits per heavy atom. The normalized spacial score (nSPS) is 10.5. The highest BCUT2D eigenvalue weighted by Crippen LogP contribution is 2.13. The van der Waals surface area contributed by atoms with Gasteiger partial charge >= 0.3 is 0 Å². The Hall–Kier alpha value is -0.840. The van der Waals surface area contributed by atoms with Crippen molar-refractivity contribution < 1.29 is 4.79 Å². The predicted octanol–water partition coefficient (Wildman–Crippen LogP) is 6.34. The van der Waals surface area contributed by atoms with Crippen LogP contribution >= 0.6 is 0 Å². The van der Waals surface area contributed by atoms with Crippen LogP contribution in [0.5, 0.6) is 0 Å². The predicted molar refractivity (Wildman–Crippen MR) is 90.2 cm³/mol. The number of hydrogen-bond acceptors (Lipinski definition) is 2. The summed E-state index contributed by atoms with van der Waals surface area (Å²) in [6.45, 7) is 2.27. The van der Waals surface area contributed by atoms with Crippen molar-refractivity contribution in [3.8, 4) is 6.07 Å². The molecule has 2 nitrogen and oxygen atoms in total. The molecule has 0 aromatic carbocycles. The molecule has 0 aliphatic rings. The summed E-state index contributed by atoms with van der Waals surface area (Å²) in [5, 5.41) is 8.35. The summed E-state index contributed by atoms with van der Waals surface area (Å²) < 4.78 is 0. The third kappa shape index (κ3) is 17.1. The van der Waals surface area contributed by atoms with Crippen LogP contribution in [-0.2, 0) is 4.79 Å². The van der Waals surface area contributed by atoms with Gasteiger partial charge in [-0.2, -0.15) is 5.26 Å². The number of unbranched alkanes of at least 4 members (excludes halogenated alkanes) is 14. The fraction of sp³-hybridized carbons (Fsp3) is 0.895. The molecule has 0 unspecified atom stereocenters. The molecule has 0 bridgehead atoms. The Labute approximate surface area is 132 Å². The van der Waals surface area contributed by atoms with E-state index >= 15 is 0 Å². The van der Waals surface area contributed by atoms with Gasteiger partial charge in [-0.3, -0.25) is 4.79 Å². The molecule has 0 radical (unpaired) electrons. The van der Waals surface area contributed by atoms with Crippen LogP contribution in [0.1, 0.15) is 110 Å². The van der Waals surface area contributed by atoms with E-state index in [1.54, 1.807) is 6.07 Å². The van der Waals surface area contributed by atoms with E-state index in [0.717, 1.165) is 12.8 Å². The van der Waals surface area contributed by atoms with Crippen LogP contribution in [-0.4, -0.2) is 5.78 Å². The monoisotopic (exact) mass is 293 g/mol. The molecule has 0 aromatic heterocycles. The molecule has 0 fully saturated rings. The number of Topliss-reactive ketones (excluding diaryl/α,β-unsaturated/α-hetero) is 1. The molecule has 122 valence electrons. The van der Waals surface area contributed by atoms with Crippen molar-refractivity contribution in [2.24, 2.45) is 0 Å². The van der Waals surface area contributed by atoms with Crippen LogP contribution in [0.4, 0.5) is 0 Å². The van der Waals surface area contributed by atoms with E-state index < -0.39 is 0 Å². The minimum Gasteiger partial charge on any atom is -0.283 e. The van der Waals surface area contributed by atoms with Gasteiger partial charge in [-0.1, -0.05) is 96.8 Å². The van der Waals surface area contributed by atoms with Crippen molar-refractivity contribution in [3.63, 3.8) is 0 Å². The molecule has 0 amide bonds. The van der Waals surface area contributed by atoms with Crippen LogP contribution in [0.3, 0.4) is 0 Å². The van der Waals surface area contributed by atoms with E-state index in [0.29, 0.717) is 6.42 Å². The number of rotatable bonds is 16. The van der Waals surface area contributed by atoms with E-state index in [9.17, 15) is 4.79 Å². The summed E-state index contributed by atoms with van der Waals surface area (Å²) in [6.07, 6.45) is 20.3. The van der Waals surface area contributed by atoms with Gasteiger partial charge in [0.15, 0.2) is 0 Å². The standard InChI is InChI=1S/C19H35NO/c1-2-3-4-5-6-7-8-9-10-11-12-13-14-15-16-17-19(21)18-20/h2-17H2,1H3. The number of hydrogen-bond donors (Lipinski definition) is 0. The van der Waals surface area contributed by atoms with E-state index in [4.69, 9.17) is 5.26 Å². The van der Waals surface area contributed by atoms with Gasteiger partial charge in [0.1, 0.15) is 6.07 Å². The summed E-state index contributed by atoms with van der Waals surface area (Å²) in [5.74, 6) is -0.260. The van der Waals surface area contributed by atoms with Crippen LogP contribution in [0.2, 0.25) is 0 Å². The molecule has 0 aliphatic heterocycles. The van der Waals surface area contributed by atoms with Gasteiger partial charge in [0.05, 0.1) is 0 Å². The summed E-state index contributed by atoms with van der Waals surface area (Å²) in [4.78, 5) is 10.8. The molecule has 0 saturated heterocycles. The van der Waals surface area contributed by atoms with Gasteiger partial charge in [-0.15, -0.1) is 0 Å². The lowest BCUT2D eigenvalue weighted by Crippen LogP contribution is -1.92. The van der Waals surface area contributed by atoms with Gasteiger partial charge in [0.2, 0.25) is 5.78 Å². The van der Waals surface area contributed by atoms with Gasteiger partial charge in [0.25, 0.3) is 0 Å². The molecule has 2 heteroatoms. The highest BCUT2D eigenvalue weighted by molar-refractivity contribution is 5.93. The first-order chi connectivity index (χ1) is 10.3. The largest absolute Gasteiger partial charge is 0.283 e. The zero-order chi connectivity index (χ0) is 15.6. The molecular weight excluding hydrogens is 258 g/mol. The molecule has 0 saturated carbocycles. The van der Waals surface area contributed by atoms with Gasteiger partial charge < -0.3 is 0 Å². The van der Waals surface area contributed by atoms with E-state index in [-0.39, 0.29) is 5.78 Å². The Bertz CT molecular complexity index is 267. The lowest BCUT2D eigenvalue weighted by molar-refractivity contribution is -0.114. The van der Waals surface area contributed by atoms with Crippen molar-refractivity contribution in [3.05, 3.63) is 0 Å². The van der Waals surface area contributed by atoms with Crippen molar-refractivity contribution >= 4 is 5.78 Å². The first kappa shape index (κ1) is 20.2. The molecule has 0 atom stereocenters. The second-order valence-corrected chi connectivity index (χ2v) is 6.23. The topological polar surface area (TPSA) is 40.9 Å². The number of carbonyl (C=O) groups is 1. The lowest BCUT2D eigenvalue weighted by Gasteiger charge is -2.03. The lowest BCUT2D eigenvalue weighted by atomic mass is 10.0. The van der Waals surface area contributed by atoms with Crippen molar-refractivity contribution in [1.82, 2.24) is 0 Å². The first-order valence-corrected chi connectivity index (χ1v) is 9.24. The second-order valence-electron chi connectivity index (χ2n) is 6.23. The fourth-order valence-electron chi connectivity index (χ4n) is 2.71. The summed E-state index contributed by atoms with van der Waals surface area (Å²) >= 11 is 0. The van der Waals surface area contributed by atoms with Crippen molar-refractivity contribution in [2.45, 2.75) is 110 Å². The van der Waals surface area contributed by atoms with Crippen LogP contribution < -0.4 is 0 Å². The third-order valence-electron chi connectivity index (χ3n) is 4.13. The van der Waals surface area contributed by atoms with Crippen molar-refractivity contribution in [1.29, 1.82) is 5.26 Å². The van der Waals surface area contributed by atoms with E-state index in [2.05, 4.69) is 6.92 Å². The quantitative estimate of drug-likeness (QED) is 0.246. The fourth-order valence-corrected chi connectivity index (χ4v) is 2.71. The average molecular weight is 293 g/mol. The summed E-state index contributed by atoms with van der Waals surface area (Å²) in [6, 6.07) is 1.68. The maximum absolute atomic E-state index is 10.8. The second kappa shape index (κ2) is 17.2. The molecule has 0 heterocycles. The number of ketones is 1. The minimum absolute atomic E-state index is 0.260. The van der Waals surface area contributed by atoms with E-state index in [1.165, 1.54) is 83.5 Å². The zero-order valence-corrected chi connectivity index (χ0v) is 14.2. The molecule has 0 spiro atoms. The Kier molecular flexibility index (Phi) is 16.5. The van der Waals surface area contributed by atoms with Crippen LogP contribution in [0, 0.1) is 11.3 Å². The Morgan fingerprint density at radius 2 is 1.00 bits per heavy atom. The maximum atomic E-state index is 10.8. The number of nitrogens with zero attached hydrogens (tertiary/aromatic N) is 1. The average Bonchev–Trinajstić information content (AvgIpc) is 2.50. The van der Waals surface area contributed by atoms with Crippen LogP contribution in [0.15, 0.2) is 0 Å². The Balaban J connectivity index is 3.00.